The second kappa shape index (κ2) is 8.35. The summed E-state index contributed by atoms with van der Waals surface area (Å²) in [6.45, 7) is 0. The summed E-state index contributed by atoms with van der Waals surface area (Å²) in [5, 5.41) is 11.0. The molecule has 28 heavy (non-hydrogen) atoms. The largest absolute Gasteiger partial charge is 0.481 e. The first-order valence-electron chi connectivity index (χ1n) is 8.90. The van der Waals surface area contributed by atoms with Gasteiger partial charge in [-0.2, -0.15) is 0 Å². The first kappa shape index (κ1) is 19.8. The quantitative estimate of drug-likeness (QED) is 0.774. The van der Waals surface area contributed by atoms with Crippen LogP contribution in [0.5, 0.6) is 0 Å². The second-order valence-electron chi connectivity index (χ2n) is 6.79. The van der Waals surface area contributed by atoms with Crippen LogP contribution in [0, 0.1) is 0 Å². The van der Waals surface area contributed by atoms with Crippen LogP contribution in [0.4, 0.5) is 5.69 Å². The predicted octanol–water partition coefficient (Wildman–Crippen LogP) is 3.70. The van der Waals surface area contributed by atoms with Gasteiger partial charge in [-0.25, -0.2) is 5.01 Å². The number of aliphatic carboxylic acids is 1. The van der Waals surface area contributed by atoms with Crippen molar-refractivity contribution in [1.82, 2.24) is 10.4 Å². The van der Waals surface area contributed by atoms with E-state index in [1.54, 1.807) is 12.1 Å². The van der Waals surface area contributed by atoms with Gasteiger partial charge in [-0.15, -0.1) is 0 Å². The fourth-order valence-electron chi connectivity index (χ4n) is 3.03. The maximum absolute atomic E-state index is 12.7. The van der Waals surface area contributed by atoms with E-state index in [0.29, 0.717) is 5.02 Å². The lowest BCUT2D eigenvalue weighted by atomic mass is 10.0. The standard InChI is InChI=1S/C21H22ClN3O3/c1-24(2)17-9-5-15(6-10-17)19-13-18(14-3-7-16(22)8-4-14)23-25(19)20(26)11-12-21(27)28/h3-10,13,19,23H,11-12H2,1-2H3,(H,27,28)/t19-/m0/s1. The minimum absolute atomic E-state index is 0.0731. The van der Waals surface area contributed by atoms with Gasteiger partial charge in [0.05, 0.1) is 18.2 Å². The number of benzene rings is 2. The Morgan fingerprint density at radius 2 is 1.71 bits per heavy atom. The van der Waals surface area contributed by atoms with Gasteiger partial charge in [0.1, 0.15) is 0 Å². The van der Waals surface area contributed by atoms with Gasteiger partial charge < -0.3 is 10.0 Å². The molecule has 2 aromatic carbocycles. The van der Waals surface area contributed by atoms with Crippen LogP contribution < -0.4 is 10.3 Å². The summed E-state index contributed by atoms with van der Waals surface area (Å²) in [7, 11) is 3.93. The van der Waals surface area contributed by atoms with E-state index in [1.807, 2.05) is 61.5 Å². The van der Waals surface area contributed by atoms with Gasteiger partial charge in [-0.3, -0.25) is 15.0 Å². The third kappa shape index (κ3) is 4.46. The van der Waals surface area contributed by atoms with Crippen molar-refractivity contribution in [2.24, 2.45) is 0 Å². The van der Waals surface area contributed by atoms with Gasteiger partial charge in [-0.1, -0.05) is 35.9 Å². The minimum Gasteiger partial charge on any atom is -0.481 e. The third-order valence-electron chi connectivity index (χ3n) is 4.57. The molecule has 0 fully saturated rings. The second-order valence-corrected chi connectivity index (χ2v) is 7.22. The van der Waals surface area contributed by atoms with Crippen molar-refractivity contribution < 1.29 is 14.7 Å². The van der Waals surface area contributed by atoms with Crippen LogP contribution in [0.25, 0.3) is 5.70 Å². The molecule has 3 rings (SSSR count). The number of carbonyl (C=O) groups is 2. The monoisotopic (exact) mass is 399 g/mol. The molecule has 2 aromatic rings. The van der Waals surface area contributed by atoms with Crippen LogP contribution in [0.3, 0.4) is 0 Å². The lowest BCUT2D eigenvalue weighted by molar-refractivity contribution is -0.142. The van der Waals surface area contributed by atoms with Crippen LogP contribution >= 0.6 is 11.6 Å². The summed E-state index contributed by atoms with van der Waals surface area (Å²) in [4.78, 5) is 25.5. The van der Waals surface area contributed by atoms with Crippen LogP contribution in [-0.2, 0) is 9.59 Å². The highest BCUT2D eigenvalue weighted by molar-refractivity contribution is 6.30. The molecule has 2 N–H and O–H groups in total. The summed E-state index contributed by atoms with van der Waals surface area (Å²) in [6, 6.07) is 14.9. The number of halogens is 1. The molecule has 0 saturated heterocycles. The molecule has 0 spiro atoms. The van der Waals surface area contributed by atoms with Crippen molar-refractivity contribution in [2.45, 2.75) is 18.9 Å². The number of nitrogens with zero attached hydrogens (tertiary/aromatic N) is 2. The molecule has 1 atom stereocenters. The minimum atomic E-state index is -0.995. The molecule has 0 aromatic heterocycles. The Morgan fingerprint density at radius 1 is 1.07 bits per heavy atom. The highest BCUT2D eigenvalue weighted by atomic mass is 35.5. The van der Waals surface area contributed by atoms with E-state index >= 15 is 0 Å². The molecule has 0 unspecified atom stereocenters. The highest BCUT2D eigenvalue weighted by Crippen LogP contribution is 2.33. The van der Waals surface area contributed by atoms with Crippen LogP contribution in [0.15, 0.2) is 54.6 Å². The van der Waals surface area contributed by atoms with Gasteiger partial charge in [0.15, 0.2) is 0 Å². The summed E-state index contributed by atoms with van der Waals surface area (Å²) < 4.78 is 0. The van der Waals surface area contributed by atoms with Crippen molar-refractivity contribution in [2.75, 3.05) is 19.0 Å². The first-order chi connectivity index (χ1) is 13.3. The zero-order chi connectivity index (χ0) is 20.3. The number of carbonyl (C=O) groups excluding carboxylic acids is 1. The number of hydrazine groups is 1. The molecule has 0 bridgehead atoms. The molecule has 0 aliphatic carbocycles. The molecule has 146 valence electrons. The molecular weight excluding hydrogens is 378 g/mol. The van der Waals surface area contributed by atoms with Crippen molar-refractivity contribution >= 4 is 34.9 Å². The fraction of sp³-hybridized carbons (Fsp3) is 0.238. The Balaban J connectivity index is 1.90. The van der Waals surface area contributed by atoms with E-state index in [2.05, 4.69) is 5.43 Å². The number of carboxylic acid groups (broad SMARTS) is 1. The molecule has 0 radical (unpaired) electrons. The Hall–Kier alpha value is -2.99. The number of carboxylic acids is 1. The maximum atomic E-state index is 12.7. The van der Waals surface area contributed by atoms with Crippen molar-refractivity contribution in [3.63, 3.8) is 0 Å². The first-order valence-corrected chi connectivity index (χ1v) is 9.28. The predicted molar refractivity (Wildman–Crippen MR) is 110 cm³/mol. The number of hydrogen-bond acceptors (Lipinski definition) is 4. The maximum Gasteiger partial charge on any atom is 0.303 e. The van der Waals surface area contributed by atoms with E-state index in [-0.39, 0.29) is 24.8 Å². The molecule has 1 heterocycles. The van der Waals surface area contributed by atoms with E-state index in [9.17, 15) is 9.59 Å². The van der Waals surface area contributed by atoms with E-state index in [4.69, 9.17) is 16.7 Å². The van der Waals surface area contributed by atoms with Crippen LogP contribution in [-0.4, -0.2) is 36.1 Å². The topological polar surface area (TPSA) is 72.9 Å². The van der Waals surface area contributed by atoms with E-state index in [0.717, 1.165) is 22.5 Å². The van der Waals surface area contributed by atoms with Crippen LogP contribution in [0.2, 0.25) is 5.02 Å². The number of hydrogen-bond donors (Lipinski definition) is 2. The molecule has 1 aliphatic heterocycles. The van der Waals surface area contributed by atoms with Crippen molar-refractivity contribution in [3.8, 4) is 0 Å². The zero-order valence-electron chi connectivity index (χ0n) is 15.7. The normalized spacial score (nSPS) is 15.8. The lowest BCUT2D eigenvalue weighted by Crippen LogP contribution is -2.39. The summed E-state index contributed by atoms with van der Waals surface area (Å²) in [6.07, 6.45) is 1.68. The Labute approximate surface area is 169 Å². The summed E-state index contributed by atoms with van der Waals surface area (Å²) >= 11 is 5.97. The summed E-state index contributed by atoms with van der Waals surface area (Å²) in [5.41, 5.74) is 6.80. The Kier molecular flexibility index (Phi) is 5.90. The lowest BCUT2D eigenvalue weighted by Gasteiger charge is -2.26. The van der Waals surface area contributed by atoms with Gasteiger partial charge in [0, 0.05) is 31.2 Å². The van der Waals surface area contributed by atoms with Gasteiger partial charge in [0.25, 0.3) is 0 Å². The van der Waals surface area contributed by atoms with Crippen molar-refractivity contribution in [3.05, 3.63) is 70.8 Å². The average Bonchev–Trinajstić information content (AvgIpc) is 3.12. The number of amides is 1. The third-order valence-corrected chi connectivity index (χ3v) is 4.82. The SMILES string of the molecule is CN(C)c1ccc([C@@H]2C=C(c3ccc(Cl)cc3)NN2C(=O)CCC(=O)O)cc1. The zero-order valence-corrected chi connectivity index (χ0v) is 16.5. The van der Waals surface area contributed by atoms with Crippen LogP contribution in [0.1, 0.15) is 30.0 Å². The molecule has 1 amide bonds. The van der Waals surface area contributed by atoms with E-state index < -0.39 is 5.97 Å². The van der Waals surface area contributed by atoms with Gasteiger partial charge in [-0.05, 0) is 41.5 Å². The number of rotatable bonds is 6. The van der Waals surface area contributed by atoms with Crippen molar-refractivity contribution in [1.29, 1.82) is 0 Å². The molecular formula is C21H22ClN3O3. The number of anilines is 1. The number of nitrogens with one attached hydrogen (secondary N) is 1. The summed E-state index contributed by atoms with van der Waals surface area (Å²) in [5.74, 6) is -1.27. The molecule has 1 aliphatic rings. The smallest absolute Gasteiger partial charge is 0.303 e. The molecule has 6 nitrogen and oxygen atoms in total. The van der Waals surface area contributed by atoms with E-state index in [1.165, 1.54) is 5.01 Å². The molecule has 0 saturated carbocycles. The fourth-order valence-corrected chi connectivity index (χ4v) is 3.15. The average molecular weight is 400 g/mol. The Bertz CT molecular complexity index is 892. The highest BCUT2D eigenvalue weighted by Gasteiger charge is 2.30. The molecule has 7 heteroatoms. The Morgan fingerprint density at radius 3 is 2.29 bits per heavy atom. The van der Waals surface area contributed by atoms with Gasteiger partial charge in [0.2, 0.25) is 5.91 Å². The van der Waals surface area contributed by atoms with Gasteiger partial charge >= 0.3 is 5.97 Å².